The fourth-order valence-electron chi connectivity index (χ4n) is 2.37. The van der Waals surface area contributed by atoms with Gasteiger partial charge in [-0.15, -0.1) is 11.3 Å². The Hall–Kier alpha value is -2.87. The van der Waals surface area contributed by atoms with Crippen LogP contribution in [-0.2, 0) is 22.7 Å². The topological polar surface area (TPSA) is 94.0 Å². The Morgan fingerprint density at radius 2 is 1.59 bits per heavy atom. The Morgan fingerprint density at radius 3 is 2.06 bits per heavy atom. The van der Waals surface area contributed by atoms with Crippen molar-refractivity contribution in [3.63, 3.8) is 0 Å². The predicted molar refractivity (Wildman–Crippen MR) is 103 cm³/mol. The van der Waals surface area contributed by atoms with E-state index in [4.69, 9.17) is 19.8 Å². The van der Waals surface area contributed by atoms with E-state index >= 15 is 0 Å². The summed E-state index contributed by atoms with van der Waals surface area (Å²) in [5, 5.41) is 16.4. The summed E-state index contributed by atoms with van der Waals surface area (Å²) in [6, 6.07) is 8.55. The van der Waals surface area contributed by atoms with Crippen molar-refractivity contribution in [2.75, 3.05) is 25.0 Å². The molecule has 0 spiro atoms. The largest absolute Gasteiger partial charge is 0.490 e. The van der Waals surface area contributed by atoms with Crippen LogP contribution in [0.15, 0.2) is 35.8 Å². The molecule has 14 heteroatoms. The van der Waals surface area contributed by atoms with E-state index in [1.165, 1.54) is 10.4 Å². The number of halogens is 6. The normalized spacial score (nSPS) is 14.2. The molecular weight excluding hydrogens is 468 g/mol. The molecule has 0 bridgehead atoms. The van der Waals surface area contributed by atoms with Gasteiger partial charge in [-0.3, -0.25) is 4.90 Å². The minimum atomic E-state index is -5.08. The van der Waals surface area contributed by atoms with Gasteiger partial charge in [0.2, 0.25) is 0 Å². The van der Waals surface area contributed by atoms with Gasteiger partial charge >= 0.3 is 24.3 Å². The second-order valence-corrected chi connectivity index (χ2v) is 7.34. The molecule has 0 saturated carbocycles. The lowest BCUT2D eigenvalue weighted by molar-refractivity contribution is -0.193. The summed E-state index contributed by atoms with van der Waals surface area (Å²) in [6.07, 6.45) is -8.29. The van der Waals surface area contributed by atoms with E-state index < -0.39 is 24.3 Å². The third kappa shape index (κ3) is 9.51. The number of fused-ring (bicyclic) bond motifs is 1. The average Bonchev–Trinajstić information content (AvgIpc) is 3.13. The summed E-state index contributed by atoms with van der Waals surface area (Å²) < 4.78 is 63.5. The smallest absolute Gasteiger partial charge is 0.475 e. The van der Waals surface area contributed by atoms with Crippen molar-refractivity contribution in [1.82, 2.24) is 9.88 Å². The second-order valence-electron chi connectivity index (χ2n) is 6.30. The third-order valence-corrected chi connectivity index (χ3v) is 4.68. The average molecular weight is 487 g/mol. The van der Waals surface area contributed by atoms with Crippen molar-refractivity contribution in [3.05, 3.63) is 46.3 Å². The minimum absolute atomic E-state index is 0.991. The quantitative estimate of drug-likeness (QED) is 0.622. The molecule has 0 aliphatic carbocycles. The van der Waals surface area contributed by atoms with Crippen LogP contribution < -0.4 is 4.90 Å². The summed E-state index contributed by atoms with van der Waals surface area (Å²) in [5.41, 5.74) is 1.33. The molecule has 178 valence electrons. The standard InChI is InChI=1S/C14H17N3S.2C2HF3O2/c1-16-7-8-17(11-13-5-3-9-18-13)10-12-4-2-6-15-14(12)16;2*3-2(4,5)1(6)7/h2-6,9H,7-8,10-11H2,1H3;2*(H,6,7). The number of carboxylic acids is 2. The molecule has 0 atom stereocenters. The van der Waals surface area contributed by atoms with E-state index in [0.717, 1.165) is 32.0 Å². The van der Waals surface area contributed by atoms with Crippen molar-refractivity contribution in [3.8, 4) is 0 Å². The molecule has 0 aromatic carbocycles. The van der Waals surface area contributed by atoms with Crippen LogP contribution in [0.4, 0.5) is 32.2 Å². The number of anilines is 1. The molecule has 0 fully saturated rings. The van der Waals surface area contributed by atoms with Crippen LogP contribution in [0.25, 0.3) is 0 Å². The fraction of sp³-hybridized carbons (Fsp3) is 0.389. The summed E-state index contributed by atoms with van der Waals surface area (Å²) in [5.74, 6) is -4.38. The van der Waals surface area contributed by atoms with E-state index in [0.29, 0.717) is 0 Å². The van der Waals surface area contributed by atoms with Gasteiger partial charge in [-0.25, -0.2) is 14.6 Å². The summed E-state index contributed by atoms with van der Waals surface area (Å²) in [7, 11) is 2.13. The first-order valence-electron chi connectivity index (χ1n) is 8.71. The predicted octanol–water partition coefficient (Wildman–Crippen LogP) is 3.86. The maximum Gasteiger partial charge on any atom is 0.490 e. The Labute approximate surface area is 182 Å². The fourth-order valence-corrected chi connectivity index (χ4v) is 3.12. The number of alkyl halides is 6. The van der Waals surface area contributed by atoms with Gasteiger partial charge in [0, 0.05) is 49.9 Å². The molecule has 7 nitrogen and oxygen atoms in total. The van der Waals surface area contributed by atoms with E-state index in [1.807, 2.05) is 23.6 Å². The number of hydrogen-bond donors (Lipinski definition) is 2. The van der Waals surface area contributed by atoms with Gasteiger partial charge in [0.15, 0.2) is 0 Å². The van der Waals surface area contributed by atoms with Crippen LogP contribution in [0.5, 0.6) is 0 Å². The molecule has 1 aliphatic heterocycles. The van der Waals surface area contributed by atoms with Crippen LogP contribution >= 0.6 is 11.3 Å². The second kappa shape index (κ2) is 11.7. The lowest BCUT2D eigenvalue weighted by Crippen LogP contribution is -2.28. The van der Waals surface area contributed by atoms with Gasteiger partial charge in [0.1, 0.15) is 5.82 Å². The first-order chi connectivity index (χ1) is 14.7. The molecule has 3 heterocycles. The number of likely N-dealkylation sites (N-methyl/N-ethyl adjacent to an activating group) is 1. The van der Waals surface area contributed by atoms with E-state index in [9.17, 15) is 26.3 Å². The van der Waals surface area contributed by atoms with Gasteiger partial charge < -0.3 is 15.1 Å². The van der Waals surface area contributed by atoms with Crippen LogP contribution in [0.3, 0.4) is 0 Å². The highest BCUT2D eigenvalue weighted by Gasteiger charge is 2.38. The van der Waals surface area contributed by atoms with E-state index in [-0.39, 0.29) is 0 Å². The molecule has 2 aromatic heterocycles. The van der Waals surface area contributed by atoms with Crippen molar-refractivity contribution >= 4 is 29.1 Å². The Kier molecular flexibility index (Phi) is 9.90. The first kappa shape index (κ1) is 27.2. The zero-order valence-electron chi connectivity index (χ0n) is 16.5. The van der Waals surface area contributed by atoms with Crippen molar-refractivity contribution in [2.45, 2.75) is 25.4 Å². The monoisotopic (exact) mass is 487 g/mol. The number of hydrogen-bond acceptors (Lipinski definition) is 6. The number of rotatable bonds is 2. The molecule has 0 unspecified atom stereocenters. The van der Waals surface area contributed by atoms with Gasteiger partial charge in [-0.05, 0) is 17.5 Å². The van der Waals surface area contributed by atoms with E-state index in [1.54, 1.807) is 0 Å². The van der Waals surface area contributed by atoms with Gasteiger partial charge in [-0.2, -0.15) is 26.3 Å². The minimum Gasteiger partial charge on any atom is -0.475 e. The maximum atomic E-state index is 10.6. The maximum absolute atomic E-state index is 10.6. The van der Waals surface area contributed by atoms with Gasteiger partial charge in [0.25, 0.3) is 0 Å². The number of pyridine rings is 1. The molecule has 32 heavy (non-hydrogen) atoms. The van der Waals surface area contributed by atoms with Crippen LogP contribution in [-0.4, -0.2) is 64.5 Å². The van der Waals surface area contributed by atoms with Crippen molar-refractivity contribution in [1.29, 1.82) is 0 Å². The zero-order valence-corrected chi connectivity index (χ0v) is 17.3. The SMILES string of the molecule is CN1CCN(Cc2cccs2)Cc2cccnc21.O=C(O)C(F)(F)F.O=C(O)C(F)(F)F. The highest BCUT2D eigenvalue weighted by molar-refractivity contribution is 7.09. The Bertz CT molecular complexity index is 850. The molecule has 0 saturated heterocycles. The van der Waals surface area contributed by atoms with Gasteiger partial charge in [-0.1, -0.05) is 12.1 Å². The first-order valence-corrected chi connectivity index (χ1v) is 9.59. The van der Waals surface area contributed by atoms with Crippen LogP contribution in [0.2, 0.25) is 0 Å². The number of carbonyl (C=O) groups is 2. The lowest BCUT2D eigenvalue weighted by Gasteiger charge is -2.19. The van der Waals surface area contributed by atoms with Crippen molar-refractivity contribution in [2.24, 2.45) is 0 Å². The zero-order chi connectivity index (χ0) is 24.5. The molecule has 0 radical (unpaired) electrons. The molecule has 0 amide bonds. The summed E-state index contributed by atoms with van der Waals surface area (Å²) >= 11 is 1.83. The highest BCUT2D eigenvalue weighted by Crippen LogP contribution is 2.23. The number of aromatic nitrogens is 1. The number of thiophene rings is 1. The molecule has 2 aromatic rings. The summed E-state index contributed by atoms with van der Waals surface area (Å²) in [4.78, 5) is 28.5. The third-order valence-electron chi connectivity index (χ3n) is 3.82. The van der Waals surface area contributed by atoms with E-state index in [2.05, 4.69) is 45.4 Å². The Morgan fingerprint density at radius 1 is 1.03 bits per heavy atom. The molecule has 1 aliphatic rings. The molecular formula is C18H19F6N3O4S. The Balaban J connectivity index is 0.000000305. The highest BCUT2D eigenvalue weighted by atomic mass is 32.1. The van der Waals surface area contributed by atoms with Crippen LogP contribution in [0, 0.1) is 0 Å². The number of aliphatic carboxylic acids is 2. The number of nitrogens with zero attached hydrogens (tertiary/aromatic N) is 3. The molecule has 3 rings (SSSR count). The lowest BCUT2D eigenvalue weighted by atomic mass is 10.2. The van der Waals surface area contributed by atoms with Crippen LogP contribution in [0.1, 0.15) is 10.4 Å². The van der Waals surface area contributed by atoms with Crippen molar-refractivity contribution < 1.29 is 46.1 Å². The van der Waals surface area contributed by atoms with Gasteiger partial charge in [0.05, 0.1) is 0 Å². The number of carboxylic acid groups (broad SMARTS) is 2. The summed E-state index contributed by atoms with van der Waals surface area (Å²) in [6.45, 7) is 4.16. The molecule has 2 N–H and O–H groups in total.